The van der Waals surface area contributed by atoms with E-state index in [9.17, 15) is 4.79 Å². The molecule has 0 unspecified atom stereocenters. The minimum atomic E-state index is -0.0349. The van der Waals surface area contributed by atoms with Crippen LogP contribution in [0.15, 0.2) is 30.3 Å². The van der Waals surface area contributed by atoms with E-state index in [0.717, 1.165) is 11.3 Å². The molecule has 4 heteroatoms. The fourth-order valence-electron chi connectivity index (χ4n) is 1.97. The minimum Gasteiger partial charge on any atom is -0.494 e. The largest absolute Gasteiger partial charge is 0.494 e. The minimum absolute atomic E-state index is 0.0349. The first-order valence-electron chi connectivity index (χ1n) is 7.41. The number of carbonyl (C=O) groups is 1. The van der Waals surface area contributed by atoms with E-state index in [1.54, 1.807) is 17.1 Å². The van der Waals surface area contributed by atoms with Crippen LogP contribution in [-0.2, 0) is 4.79 Å². The number of hydrogen-bond donors (Lipinski definition) is 1. The highest BCUT2D eigenvalue weighted by Crippen LogP contribution is 2.13. The predicted molar refractivity (Wildman–Crippen MR) is 85.2 cm³/mol. The average molecular weight is 291 g/mol. The van der Waals surface area contributed by atoms with Crippen LogP contribution in [0.1, 0.15) is 32.8 Å². The Morgan fingerprint density at radius 2 is 2.00 bits per heavy atom. The third-order valence-corrected chi connectivity index (χ3v) is 3.07. The molecule has 0 fully saturated rings. The summed E-state index contributed by atoms with van der Waals surface area (Å²) in [6, 6.07) is 7.73. The van der Waals surface area contributed by atoms with Crippen molar-refractivity contribution >= 4 is 12.0 Å². The molecule has 1 N–H and O–H groups in total. The molecule has 1 amide bonds. The van der Waals surface area contributed by atoms with Crippen molar-refractivity contribution in [1.82, 2.24) is 4.90 Å². The molecule has 0 aromatic heterocycles. The van der Waals surface area contributed by atoms with E-state index in [1.165, 1.54) is 0 Å². The second kappa shape index (κ2) is 9.19. The van der Waals surface area contributed by atoms with Crippen molar-refractivity contribution in [3.05, 3.63) is 35.9 Å². The van der Waals surface area contributed by atoms with Crippen LogP contribution in [0.25, 0.3) is 6.08 Å². The molecule has 0 atom stereocenters. The van der Waals surface area contributed by atoms with Gasteiger partial charge in [0.25, 0.3) is 0 Å². The van der Waals surface area contributed by atoms with Crippen molar-refractivity contribution in [2.45, 2.75) is 33.2 Å². The molecular weight excluding hydrogens is 266 g/mol. The molecule has 0 heterocycles. The lowest BCUT2D eigenvalue weighted by atomic mass is 10.2. The molecule has 0 bridgehead atoms. The van der Waals surface area contributed by atoms with E-state index in [2.05, 4.69) is 0 Å². The van der Waals surface area contributed by atoms with E-state index in [4.69, 9.17) is 9.84 Å². The van der Waals surface area contributed by atoms with Gasteiger partial charge in [0.1, 0.15) is 5.75 Å². The summed E-state index contributed by atoms with van der Waals surface area (Å²) in [5, 5.41) is 8.89. The Hall–Kier alpha value is -1.81. The number of rotatable bonds is 8. The number of hydrogen-bond acceptors (Lipinski definition) is 3. The Labute approximate surface area is 127 Å². The number of carbonyl (C=O) groups excluding carboxylic acids is 1. The Morgan fingerprint density at radius 3 is 2.52 bits per heavy atom. The number of aliphatic hydroxyl groups excluding tert-OH is 1. The zero-order chi connectivity index (χ0) is 15.7. The van der Waals surface area contributed by atoms with Gasteiger partial charge < -0.3 is 14.7 Å². The monoisotopic (exact) mass is 291 g/mol. The highest BCUT2D eigenvalue weighted by atomic mass is 16.5. The van der Waals surface area contributed by atoms with E-state index >= 15 is 0 Å². The molecule has 0 aliphatic carbocycles. The zero-order valence-electron chi connectivity index (χ0n) is 13.1. The molecule has 21 heavy (non-hydrogen) atoms. The van der Waals surface area contributed by atoms with Crippen LogP contribution in [0.4, 0.5) is 0 Å². The van der Waals surface area contributed by atoms with Gasteiger partial charge in [-0.3, -0.25) is 4.79 Å². The molecule has 4 nitrogen and oxygen atoms in total. The van der Waals surface area contributed by atoms with Gasteiger partial charge in [-0.25, -0.2) is 0 Å². The van der Waals surface area contributed by atoms with Crippen LogP contribution in [0, 0.1) is 0 Å². The quantitative estimate of drug-likeness (QED) is 0.749. The summed E-state index contributed by atoms with van der Waals surface area (Å²) in [4.78, 5) is 13.9. The van der Waals surface area contributed by atoms with Crippen molar-refractivity contribution in [3.63, 3.8) is 0 Å². The molecule has 1 aromatic carbocycles. The molecule has 0 radical (unpaired) electrons. The first-order chi connectivity index (χ1) is 10.1. The highest BCUT2D eigenvalue weighted by Gasteiger charge is 2.13. The standard InChI is InChI=1S/C17H25NO3/c1-4-21-16-9-6-15(7-10-16)8-11-17(20)18(14(2)3)12-5-13-19/h6-11,14,19H,4-5,12-13H2,1-3H3/b11-8+. The van der Waals surface area contributed by atoms with Gasteiger partial charge in [0.15, 0.2) is 0 Å². The maximum atomic E-state index is 12.2. The van der Waals surface area contributed by atoms with Crippen molar-refractivity contribution in [3.8, 4) is 5.75 Å². The molecule has 0 saturated heterocycles. The summed E-state index contributed by atoms with van der Waals surface area (Å²) in [5.74, 6) is 0.792. The third kappa shape index (κ3) is 6.00. The van der Waals surface area contributed by atoms with E-state index in [1.807, 2.05) is 45.0 Å². The molecule has 0 spiro atoms. The van der Waals surface area contributed by atoms with Crippen LogP contribution in [0.5, 0.6) is 5.75 Å². The summed E-state index contributed by atoms with van der Waals surface area (Å²) in [6.45, 7) is 7.20. The van der Waals surface area contributed by atoms with Gasteiger partial charge in [-0.1, -0.05) is 12.1 Å². The molecule has 116 valence electrons. The Morgan fingerprint density at radius 1 is 1.33 bits per heavy atom. The highest BCUT2D eigenvalue weighted by molar-refractivity contribution is 5.92. The molecule has 0 saturated carbocycles. The Balaban J connectivity index is 2.66. The first-order valence-corrected chi connectivity index (χ1v) is 7.41. The van der Waals surface area contributed by atoms with Gasteiger partial charge in [-0.15, -0.1) is 0 Å². The third-order valence-electron chi connectivity index (χ3n) is 3.07. The smallest absolute Gasteiger partial charge is 0.246 e. The van der Waals surface area contributed by atoms with Gasteiger partial charge in [0, 0.05) is 25.3 Å². The first kappa shape index (κ1) is 17.2. The number of amides is 1. The maximum absolute atomic E-state index is 12.2. The molecule has 1 rings (SSSR count). The van der Waals surface area contributed by atoms with E-state index in [-0.39, 0.29) is 18.6 Å². The number of aliphatic hydroxyl groups is 1. The van der Waals surface area contributed by atoms with Crippen molar-refractivity contribution in [2.24, 2.45) is 0 Å². The lowest BCUT2D eigenvalue weighted by molar-refractivity contribution is -0.127. The van der Waals surface area contributed by atoms with E-state index in [0.29, 0.717) is 19.6 Å². The molecule has 0 aliphatic rings. The van der Waals surface area contributed by atoms with Crippen molar-refractivity contribution < 1.29 is 14.6 Å². The predicted octanol–water partition coefficient (Wildman–Crippen LogP) is 2.72. The van der Waals surface area contributed by atoms with Crippen LogP contribution < -0.4 is 4.74 Å². The number of nitrogens with zero attached hydrogens (tertiary/aromatic N) is 1. The van der Waals surface area contributed by atoms with E-state index < -0.39 is 0 Å². The Bertz CT molecular complexity index is 452. The van der Waals surface area contributed by atoms with Gasteiger partial charge in [0.2, 0.25) is 5.91 Å². The summed E-state index contributed by atoms with van der Waals surface area (Å²) in [5.41, 5.74) is 0.956. The fourth-order valence-corrected chi connectivity index (χ4v) is 1.97. The van der Waals surface area contributed by atoms with Gasteiger partial charge in [-0.05, 0) is 51.0 Å². The number of ether oxygens (including phenoxy) is 1. The second-order valence-electron chi connectivity index (χ2n) is 5.04. The normalized spacial score (nSPS) is 11.1. The van der Waals surface area contributed by atoms with Crippen LogP contribution in [0.3, 0.4) is 0 Å². The van der Waals surface area contributed by atoms with Crippen molar-refractivity contribution in [2.75, 3.05) is 19.8 Å². The lowest BCUT2D eigenvalue weighted by Crippen LogP contribution is -2.36. The van der Waals surface area contributed by atoms with Crippen LogP contribution in [-0.4, -0.2) is 41.7 Å². The molecule has 0 aliphatic heterocycles. The van der Waals surface area contributed by atoms with Crippen LogP contribution >= 0.6 is 0 Å². The fraction of sp³-hybridized carbons (Fsp3) is 0.471. The average Bonchev–Trinajstić information content (AvgIpc) is 2.47. The van der Waals surface area contributed by atoms with Gasteiger partial charge in [-0.2, -0.15) is 0 Å². The second-order valence-corrected chi connectivity index (χ2v) is 5.04. The molecule has 1 aromatic rings. The van der Waals surface area contributed by atoms with Crippen LogP contribution in [0.2, 0.25) is 0 Å². The zero-order valence-corrected chi connectivity index (χ0v) is 13.1. The molecular formula is C17H25NO3. The summed E-state index contributed by atoms with van der Waals surface area (Å²) < 4.78 is 5.38. The van der Waals surface area contributed by atoms with Gasteiger partial charge >= 0.3 is 0 Å². The Kier molecular flexibility index (Phi) is 7.54. The SMILES string of the molecule is CCOc1ccc(/C=C/C(=O)N(CCCO)C(C)C)cc1. The lowest BCUT2D eigenvalue weighted by Gasteiger charge is -2.25. The number of benzene rings is 1. The topological polar surface area (TPSA) is 49.8 Å². The summed E-state index contributed by atoms with van der Waals surface area (Å²) >= 11 is 0. The van der Waals surface area contributed by atoms with Crippen molar-refractivity contribution in [1.29, 1.82) is 0 Å². The van der Waals surface area contributed by atoms with Gasteiger partial charge in [0.05, 0.1) is 6.61 Å². The summed E-state index contributed by atoms with van der Waals surface area (Å²) in [6.07, 6.45) is 3.97. The maximum Gasteiger partial charge on any atom is 0.246 e. The summed E-state index contributed by atoms with van der Waals surface area (Å²) in [7, 11) is 0.